The third-order valence-electron chi connectivity index (χ3n) is 2.39. The molecular weight excluding hydrogens is 224 g/mol. The van der Waals surface area contributed by atoms with Crippen molar-refractivity contribution in [1.29, 1.82) is 0 Å². The van der Waals surface area contributed by atoms with Crippen LogP contribution in [-0.2, 0) is 0 Å². The van der Waals surface area contributed by atoms with Gasteiger partial charge in [0.2, 0.25) is 0 Å². The highest BCUT2D eigenvalue weighted by molar-refractivity contribution is 6.30. The number of ether oxygens (including phenoxy) is 1. The lowest BCUT2D eigenvalue weighted by atomic mass is 9.97. The Morgan fingerprint density at radius 3 is 2.73 bits per heavy atom. The van der Waals surface area contributed by atoms with E-state index < -0.39 is 6.61 Å². The summed E-state index contributed by atoms with van der Waals surface area (Å²) in [6.45, 7) is -1.91. The van der Waals surface area contributed by atoms with Crippen LogP contribution in [-0.4, -0.2) is 13.2 Å². The molecule has 0 spiro atoms. The maximum atomic E-state index is 12.1. The summed E-state index contributed by atoms with van der Waals surface area (Å²) in [5.74, 6) is 0.201. The van der Waals surface area contributed by atoms with Gasteiger partial charge in [0.1, 0.15) is 5.75 Å². The van der Waals surface area contributed by atoms with Crippen LogP contribution in [0.1, 0.15) is 18.0 Å². The van der Waals surface area contributed by atoms with E-state index in [-0.39, 0.29) is 11.8 Å². The molecule has 1 aliphatic rings. The SMILES string of the molecule is FC(F)Oc1ccc(Cl)cc1C1CCN1. The Morgan fingerprint density at radius 1 is 1.47 bits per heavy atom. The van der Waals surface area contributed by atoms with E-state index in [9.17, 15) is 8.78 Å². The first-order chi connectivity index (χ1) is 7.16. The molecule has 2 rings (SSSR count). The second-order valence-electron chi connectivity index (χ2n) is 3.36. The molecule has 0 aromatic heterocycles. The van der Waals surface area contributed by atoms with Gasteiger partial charge < -0.3 is 10.1 Å². The molecule has 1 aromatic rings. The van der Waals surface area contributed by atoms with Crippen LogP contribution in [0.15, 0.2) is 18.2 Å². The van der Waals surface area contributed by atoms with Crippen molar-refractivity contribution < 1.29 is 13.5 Å². The summed E-state index contributed by atoms with van der Waals surface area (Å²) in [7, 11) is 0. The molecule has 1 fully saturated rings. The monoisotopic (exact) mass is 233 g/mol. The van der Waals surface area contributed by atoms with E-state index in [4.69, 9.17) is 11.6 Å². The van der Waals surface area contributed by atoms with Crippen LogP contribution in [0.2, 0.25) is 5.02 Å². The number of benzene rings is 1. The number of halogens is 3. The van der Waals surface area contributed by atoms with Crippen LogP contribution in [0.5, 0.6) is 5.75 Å². The highest BCUT2D eigenvalue weighted by Crippen LogP contribution is 2.33. The van der Waals surface area contributed by atoms with E-state index in [1.54, 1.807) is 12.1 Å². The molecule has 82 valence electrons. The number of hydrogen-bond donors (Lipinski definition) is 1. The van der Waals surface area contributed by atoms with Gasteiger partial charge in [0.25, 0.3) is 0 Å². The molecule has 15 heavy (non-hydrogen) atoms. The van der Waals surface area contributed by atoms with Crippen molar-refractivity contribution >= 4 is 11.6 Å². The van der Waals surface area contributed by atoms with E-state index in [0.717, 1.165) is 13.0 Å². The highest BCUT2D eigenvalue weighted by atomic mass is 35.5. The summed E-state index contributed by atoms with van der Waals surface area (Å²) in [4.78, 5) is 0. The van der Waals surface area contributed by atoms with Gasteiger partial charge in [-0.3, -0.25) is 0 Å². The van der Waals surface area contributed by atoms with Gasteiger partial charge in [-0.1, -0.05) is 11.6 Å². The lowest BCUT2D eigenvalue weighted by Gasteiger charge is -2.29. The lowest BCUT2D eigenvalue weighted by molar-refractivity contribution is -0.0509. The van der Waals surface area contributed by atoms with Crippen LogP contribution in [0.4, 0.5) is 8.78 Å². The fourth-order valence-corrected chi connectivity index (χ4v) is 1.73. The summed E-state index contributed by atoms with van der Waals surface area (Å²) in [6, 6.07) is 4.76. The van der Waals surface area contributed by atoms with Gasteiger partial charge in [-0.25, -0.2) is 0 Å². The van der Waals surface area contributed by atoms with Gasteiger partial charge >= 0.3 is 6.61 Å². The Balaban J connectivity index is 2.26. The molecule has 1 heterocycles. The van der Waals surface area contributed by atoms with Crippen LogP contribution in [0, 0.1) is 0 Å². The summed E-state index contributed by atoms with van der Waals surface area (Å²) >= 11 is 5.81. The van der Waals surface area contributed by atoms with E-state index in [1.165, 1.54) is 6.07 Å². The number of hydrogen-bond acceptors (Lipinski definition) is 2. The fraction of sp³-hybridized carbons (Fsp3) is 0.400. The van der Waals surface area contributed by atoms with Crippen LogP contribution in [0.3, 0.4) is 0 Å². The first kappa shape index (κ1) is 10.6. The van der Waals surface area contributed by atoms with Gasteiger partial charge in [-0.2, -0.15) is 8.78 Å². The number of nitrogens with one attached hydrogen (secondary N) is 1. The van der Waals surface area contributed by atoms with E-state index in [1.807, 2.05) is 0 Å². The van der Waals surface area contributed by atoms with Gasteiger partial charge in [0.15, 0.2) is 0 Å². The second-order valence-corrected chi connectivity index (χ2v) is 3.79. The molecule has 1 aromatic carbocycles. The van der Waals surface area contributed by atoms with E-state index in [2.05, 4.69) is 10.1 Å². The number of rotatable bonds is 3. The Hall–Kier alpha value is -0.870. The average Bonchev–Trinajstić information content (AvgIpc) is 2.06. The molecule has 0 bridgehead atoms. The summed E-state index contributed by atoms with van der Waals surface area (Å²) in [5, 5.41) is 3.65. The third-order valence-corrected chi connectivity index (χ3v) is 2.62. The molecule has 0 saturated carbocycles. The predicted octanol–water partition coefficient (Wildman–Crippen LogP) is 2.98. The summed E-state index contributed by atoms with van der Waals surface area (Å²) < 4.78 is 28.6. The Morgan fingerprint density at radius 2 is 2.20 bits per heavy atom. The molecule has 0 aliphatic carbocycles. The molecule has 2 nitrogen and oxygen atoms in total. The smallest absolute Gasteiger partial charge is 0.387 e. The van der Waals surface area contributed by atoms with Crippen molar-refractivity contribution in [3.8, 4) is 5.75 Å². The second kappa shape index (κ2) is 4.33. The van der Waals surface area contributed by atoms with E-state index in [0.29, 0.717) is 10.6 Å². The zero-order valence-corrected chi connectivity index (χ0v) is 8.60. The predicted molar refractivity (Wildman–Crippen MR) is 53.4 cm³/mol. The van der Waals surface area contributed by atoms with Crippen molar-refractivity contribution in [3.63, 3.8) is 0 Å². The molecular formula is C10H10ClF2NO. The van der Waals surface area contributed by atoms with Gasteiger partial charge in [-0.15, -0.1) is 0 Å². The minimum absolute atomic E-state index is 0.0810. The Labute approximate surface area is 91.2 Å². The van der Waals surface area contributed by atoms with Crippen LogP contribution >= 0.6 is 11.6 Å². The molecule has 1 saturated heterocycles. The first-order valence-electron chi connectivity index (χ1n) is 4.64. The van der Waals surface area contributed by atoms with Crippen molar-refractivity contribution in [2.45, 2.75) is 19.1 Å². The maximum Gasteiger partial charge on any atom is 0.387 e. The molecule has 1 N–H and O–H groups in total. The van der Waals surface area contributed by atoms with Gasteiger partial charge in [0, 0.05) is 16.6 Å². The molecule has 1 aliphatic heterocycles. The Bertz CT molecular complexity index is 355. The van der Waals surface area contributed by atoms with Crippen LogP contribution < -0.4 is 10.1 Å². The van der Waals surface area contributed by atoms with Crippen molar-refractivity contribution in [2.75, 3.05) is 6.54 Å². The average molecular weight is 234 g/mol. The van der Waals surface area contributed by atoms with Crippen molar-refractivity contribution in [1.82, 2.24) is 5.32 Å². The molecule has 0 amide bonds. The molecule has 0 radical (unpaired) electrons. The topological polar surface area (TPSA) is 21.3 Å². The largest absolute Gasteiger partial charge is 0.434 e. The molecule has 5 heteroatoms. The number of alkyl halides is 2. The summed E-state index contributed by atoms with van der Waals surface area (Å²) in [5.41, 5.74) is 0.703. The summed E-state index contributed by atoms with van der Waals surface area (Å²) in [6.07, 6.45) is 0.917. The van der Waals surface area contributed by atoms with E-state index >= 15 is 0 Å². The lowest BCUT2D eigenvalue weighted by Crippen LogP contribution is -2.35. The fourth-order valence-electron chi connectivity index (χ4n) is 1.55. The van der Waals surface area contributed by atoms with Crippen molar-refractivity contribution in [3.05, 3.63) is 28.8 Å². The maximum absolute atomic E-state index is 12.1. The van der Waals surface area contributed by atoms with Crippen LogP contribution in [0.25, 0.3) is 0 Å². The quantitative estimate of drug-likeness (QED) is 0.867. The zero-order chi connectivity index (χ0) is 10.8. The highest BCUT2D eigenvalue weighted by Gasteiger charge is 2.23. The third kappa shape index (κ3) is 2.38. The minimum Gasteiger partial charge on any atom is -0.434 e. The van der Waals surface area contributed by atoms with Crippen molar-refractivity contribution in [2.24, 2.45) is 0 Å². The minimum atomic E-state index is -2.80. The Kier molecular flexibility index (Phi) is 3.07. The molecule has 1 unspecified atom stereocenters. The molecule has 1 atom stereocenters. The normalized spacial score (nSPS) is 20.1. The van der Waals surface area contributed by atoms with Gasteiger partial charge in [-0.05, 0) is 31.2 Å². The first-order valence-corrected chi connectivity index (χ1v) is 5.02. The standard InChI is InChI=1S/C10H10ClF2NO/c11-6-1-2-9(15-10(12)13)7(5-6)8-3-4-14-8/h1-2,5,8,10,14H,3-4H2. The van der Waals surface area contributed by atoms with Gasteiger partial charge in [0.05, 0.1) is 0 Å². The zero-order valence-electron chi connectivity index (χ0n) is 7.84.